The molecular formula is C21H17NO3. The van der Waals surface area contributed by atoms with Crippen molar-refractivity contribution in [1.29, 1.82) is 0 Å². The van der Waals surface area contributed by atoms with Gasteiger partial charge in [0.25, 0.3) is 0 Å². The van der Waals surface area contributed by atoms with Crippen molar-refractivity contribution in [2.45, 2.75) is 25.7 Å². The molecule has 2 aromatic carbocycles. The van der Waals surface area contributed by atoms with Crippen LogP contribution in [0.25, 0.3) is 11.1 Å². The molecule has 0 N–H and O–H groups in total. The van der Waals surface area contributed by atoms with Gasteiger partial charge in [-0.25, -0.2) is 0 Å². The molecule has 124 valence electrons. The average Bonchev–Trinajstić information content (AvgIpc) is 3.08. The summed E-state index contributed by atoms with van der Waals surface area (Å²) in [6.07, 6.45) is 3.60. The highest BCUT2D eigenvalue weighted by Crippen LogP contribution is 2.42. The number of imide groups is 1. The van der Waals surface area contributed by atoms with Gasteiger partial charge in [0.1, 0.15) is 0 Å². The predicted molar refractivity (Wildman–Crippen MR) is 93.3 cm³/mol. The molecule has 25 heavy (non-hydrogen) atoms. The van der Waals surface area contributed by atoms with Crippen LogP contribution in [0.2, 0.25) is 0 Å². The van der Waals surface area contributed by atoms with Crippen LogP contribution in [0.1, 0.15) is 41.6 Å². The van der Waals surface area contributed by atoms with E-state index in [0.29, 0.717) is 16.8 Å². The first kappa shape index (κ1) is 14.6. The fourth-order valence-corrected chi connectivity index (χ4v) is 4.57. The minimum Gasteiger partial charge on any atom is -0.289 e. The van der Waals surface area contributed by atoms with E-state index >= 15 is 0 Å². The van der Waals surface area contributed by atoms with E-state index in [2.05, 4.69) is 0 Å². The summed E-state index contributed by atoms with van der Waals surface area (Å²) < 4.78 is 0. The van der Waals surface area contributed by atoms with Crippen molar-refractivity contribution in [3.8, 4) is 11.1 Å². The van der Waals surface area contributed by atoms with E-state index in [1.807, 2.05) is 30.3 Å². The number of rotatable bonds is 1. The number of benzene rings is 2. The molecule has 5 rings (SSSR count). The Balaban J connectivity index is 1.58. The number of hydrogen-bond donors (Lipinski definition) is 0. The lowest BCUT2D eigenvalue weighted by molar-refractivity contribution is -0.122. The van der Waals surface area contributed by atoms with E-state index in [9.17, 15) is 14.4 Å². The molecule has 0 bridgehead atoms. The first-order chi connectivity index (χ1) is 12.2. The van der Waals surface area contributed by atoms with Crippen LogP contribution in [-0.4, -0.2) is 17.6 Å². The smallest absolute Gasteiger partial charge is 0.237 e. The Morgan fingerprint density at radius 3 is 2.00 bits per heavy atom. The molecule has 0 radical (unpaired) electrons. The van der Waals surface area contributed by atoms with E-state index in [4.69, 9.17) is 0 Å². The van der Waals surface area contributed by atoms with Crippen molar-refractivity contribution < 1.29 is 14.4 Å². The van der Waals surface area contributed by atoms with E-state index < -0.39 is 0 Å². The van der Waals surface area contributed by atoms with E-state index in [1.165, 1.54) is 4.90 Å². The molecule has 2 fully saturated rings. The Hall–Kier alpha value is -2.75. The zero-order valence-electron chi connectivity index (χ0n) is 13.7. The van der Waals surface area contributed by atoms with Gasteiger partial charge in [-0.15, -0.1) is 0 Å². The maximum Gasteiger partial charge on any atom is 0.237 e. The summed E-state index contributed by atoms with van der Waals surface area (Å²) in [5.74, 6) is -0.594. The molecule has 1 aliphatic heterocycles. The van der Waals surface area contributed by atoms with Gasteiger partial charge < -0.3 is 0 Å². The summed E-state index contributed by atoms with van der Waals surface area (Å²) in [5.41, 5.74) is 3.59. The quantitative estimate of drug-likeness (QED) is 0.641. The van der Waals surface area contributed by atoms with Gasteiger partial charge in [0, 0.05) is 11.1 Å². The third-order valence-corrected chi connectivity index (χ3v) is 5.81. The van der Waals surface area contributed by atoms with Gasteiger partial charge in [0.05, 0.1) is 17.5 Å². The Labute approximate surface area is 145 Å². The number of carbonyl (C=O) groups excluding carboxylic acids is 3. The van der Waals surface area contributed by atoms with Crippen LogP contribution in [0.4, 0.5) is 5.69 Å². The summed E-state index contributed by atoms with van der Waals surface area (Å²) in [6, 6.07) is 12.9. The Morgan fingerprint density at radius 2 is 1.32 bits per heavy atom. The molecule has 4 heteroatoms. The first-order valence-corrected chi connectivity index (χ1v) is 8.83. The summed E-state index contributed by atoms with van der Waals surface area (Å²) >= 11 is 0. The van der Waals surface area contributed by atoms with Gasteiger partial charge >= 0.3 is 0 Å². The molecule has 2 aliphatic carbocycles. The number of amides is 2. The van der Waals surface area contributed by atoms with Crippen molar-refractivity contribution in [3.63, 3.8) is 0 Å². The highest BCUT2D eigenvalue weighted by Gasteiger charge is 2.49. The SMILES string of the molecule is O=C1c2ccccc2-c2ccc(N3C(=O)[C@H]4CCCC[C@@H]4C3=O)cc21. The highest BCUT2D eigenvalue weighted by atomic mass is 16.2. The van der Waals surface area contributed by atoms with Crippen molar-refractivity contribution in [1.82, 2.24) is 0 Å². The molecule has 3 aliphatic rings. The minimum atomic E-state index is -0.178. The van der Waals surface area contributed by atoms with Crippen LogP contribution in [0.5, 0.6) is 0 Å². The van der Waals surface area contributed by atoms with Gasteiger partial charge in [-0.2, -0.15) is 0 Å². The normalized spacial score (nSPS) is 24.3. The predicted octanol–water partition coefficient (Wildman–Crippen LogP) is 3.58. The van der Waals surface area contributed by atoms with E-state index in [1.54, 1.807) is 12.1 Å². The number of nitrogens with zero attached hydrogens (tertiary/aromatic N) is 1. The fourth-order valence-electron chi connectivity index (χ4n) is 4.57. The second kappa shape index (κ2) is 5.12. The molecule has 2 amide bonds. The molecule has 4 nitrogen and oxygen atoms in total. The molecule has 1 saturated heterocycles. The summed E-state index contributed by atoms with van der Waals surface area (Å²) in [4.78, 5) is 39.5. The molecule has 2 aromatic rings. The highest BCUT2D eigenvalue weighted by molar-refractivity contribution is 6.25. The maximum atomic E-state index is 12.8. The zero-order valence-corrected chi connectivity index (χ0v) is 13.7. The molecule has 1 heterocycles. The van der Waals surface area contributed by atoms with Gasteiger partial charge in [-0.05, 0) is 36.1 Å². The number of carbonyl (C=O) groups is 3. The Kier molecular flexibility index (Phi) is 2.99. The van der Waals surface area contributed by atoms with Gasteiger partial charge in [-0.3, -0.25) is 19.3 Å². The Morgan fingerprint density at radius 1 is 0.720 bits per heavy atom. The number of hydrogen-bond acceptors (Lipinski definition) is 3. The van der Waals surface area contributed by atoms with E-state index in [0.717, 1.165) is 36.8 Å². The molecular weight excluding hydrogens is 314 g/mol. The second-order valence-corrected chi connectivity index (χ2v) is 7.11. The maximum absolute atomic E-state index is 12.8. The largest absolute Gasteiger partial charge is 0.289 e. The van der Waals surface area contributed by atoms with Crippen LogP contribution in [0.3, 0.4) is 0 Å². The molecule has 2 atom stereocenters. The second-order valence-electron chi connectivity index (χ2n) is 7.11. The average molecular weight is 331 g/mol. The minimum absolute atomic E-state index is 0.0380. The van der Waals surface area contributed by atoms with Gasteiger partial charge in [0.15, 0.2) is 5.78 Å². The standard InChI is InChI=1S/C21H17NO3/c23-19-15-6-2-1-5-13(15)14-10-9-12(11-18(14)19)22-20(24)16-7-3-4-8-17(16)21(22)25/h1-2,5-6,9-11,16-17H,3-4,7-8H2/t16-,17-/m0/s1. The van der Waals surface area contributed by atoms with Crippen molar-refractivity contribution >= 4 is 23.3 Å². The number of ketones is 1. The lowest BCUT2D eigenvalue weighted by Gasteiger charge is -2.19. The van der Waals surface area contributed by atoms with Crippen LogP contribution in [0.15, 0.2) is 42.5 Å². The zero-order chi connectivity index (χ0) is 17.1. The molecule has 1 saturated carbocycles. The molecule has 0 spiro atoms. The lowest BCUT2D eigenvalue weighted by atomic mass is 9.81. The molecule has 0 aromatic heterocycles. The van der Waals surface area contributed by atoms with Crippen LogP contribution >= 0.6 is 0 Å². The topological polar surface area (TPSA) is 54.5 Å². The van der Waals surface area contributed by atoms with E-state index in [-0.39, 0.29) is 29.4 Å². The lowest BCUT2D eigenvalue weighted by Crippen LogP contribution is -2.30. The van der Waals surface area contributed by atoms with Crippen LogP contribution in [-0.2, 0) is 9.59 Å². The van der Waals surface area contributed by atoms with Crippen molar-refractivity contribution in [2.75, 3.05) is 4.90 Å². The molecule has 0 unspecified atom stereocenters. The third kappa shape index (κ3) is 1.91. The third-order valence-electron chi connectivity index (χ3n) is 5.81. The number of anilines is 1. The summed E-state index contributed by atoms with van der Waals surface area (Å²) in [5, 5.41) is 0. The first-order valence-electron chi connectivity index (χ1n) is 8.83. The van der Waals surface area contributed by atoms with Gasteiger partial charge in [0.2, 0.25) is 11.8 Å². The monoisotopic (exact) mass is 331 g/mol. The van der Waals surface area contributed by atoms with Crippen LogP contribution in [0, 0.1) is 11.8 Å². The fraction of sp³-hybridized carbons (Fsp3) is 0.286. The number of fused-ring (bicyclic) bond motifs is 4. The van der Waals surface area contributed by atoms with Gasteiger partial charge in [-0.1, -0.05) is 43.2 Å². The van der Waals surface area contributed by atoms with Crippen LogP contribution < -0.4 is 4.90 Å². The van der Waals surface area contributed by atoms with Crippen molar-refractivity contribution in [3.05, 3.63) is 53.6 Å². The van der Waals surface area contributed by atoms with Crippen molar-refractivity contribution in [2.24, 2.45) is 11.8 Å². The summed E-state index contributed by atoms with van der Waals surface area (Å²) in [6.45, 7) is 0. The summed E-state index contributed by atoms with van der Waals surface area (Å²) in [7, 11) is 0. The Bertz CT molecular complexity index is 922.